The third-order valence-corrected chi connectivity index (χ3v) is 3.04. The van der Waals surface area contributed by atoms with E-state index in [-0.39, 0.29) is 12.4 Å². The van der Waals surface area contributed by atoms with Gasteiger partial charge < -0.3 is 5.11 Å². The minimum atomic E-state index is -0.285. The molecule has 0 amide bonds. The first-order valence-corrected chi connectivity index (χ1v) is 6.15. The maximum atomic E-state index is 12.9. The Bertz CT molecular complexity index is 722. The molecular weight excluding hydrogens is 257 g/mol. The van der Waals surface area contributed by atoms with E-state index in [0.29, 0.717) is 5.69 Å². The lowest BCUT2D eigenvalue weighted by Crippen LogP contribution is -2.00. The van der Waals surface area contributed by atoms with Gasteiger partial charge in [-0.25, -0.2) is 9.07 Å². The van der Waals surface area contributed by atoms with Crippen molar-refractivity contribution >= 4 is 0 Å². The molecule has 0 unspecified atom stereocenters. The fourth-order valence-corrected chi connectivity index (χ4v) is 2.00. The molecule has 1 aromatic heterocycles. The molecule has 0 saturated carbocycles. The second-order valence-electron chi connectivity index (χ2n) is 4.34. The van der Waals surface area contributed by atoms with Gasteiger partial charge in [-0.1, -0.05) is 23.4 Å². The van der Waals surface area contributed by atoms with Crippen molar-refractivity contribution in [1.82, 2.24) is 15.0 Å². The fourth-order valence-electron chi connectivity index (χ4n) is 2.00. The molecule has 0 spiro atoms. The quantitative estimate of drug-likeness (QED) is 0.795. The third-order valence-electron chi connectivity index (χ3n) is 3.04. The molecule has 20 heavy (non-hydrogen) atoms. The summed E-state index contributed by atoms with van der Waals surface area (Å²) in [6.07, 6.45) is 1.75. The van der Waals surface area contributed by atoms with Crippen LogP contribution in [-0.2, 0) is 6.61 Å². The predicted molar refractivity (Wildman–Crippen MR) is 72.7 cm³/mol. The lowest BCUT2D eigenvalue weighted by Gasteiger charge is -2.05. The van der Waals surface area contributed by atoms with E-state index in [1.165, 1.54) is 12.1 Å². The average Bonchev–Trinajstić information content (AvgIpc) is 2.97. The van der Waals surface area contributed by atoms with E-state index in [1.54, 1.807) is 23.0 Å². The first kappa shape index (κ1) is 12.5. The van der Waals surface area contributed by atoms with E-state index >= 15 is 0 Å². The molecule has 0 atom stereocenters. The lowest BCUT2D eigenvalue weighted by molar-refractivity contribution is 0.281. The van der Waals surface area contributed by atoms with E-state index in [4.69, 9.17) is 0 Å². The smallest absolute Gasteiger partial charge is 0.123 e. The van der Waals surface area contributed by atoms with Gasteiger partial charge in [-0.2, -0.15) is 0 Å². The molecule has 0 saturated heterocycles. The molecular formula is C15H12FN3O. The molecule has 3 rings (SSSR count). The molecule has 0 aliphatic heterocycles. The number of aliphatic hydroxyl groups is 1. The topological polar surface area (TPSA) is 50.9 Å². The van der Waals surface area contributed by atoms with Crippen LogP contribution in [-0.4, -0.2) is 20.1 Å². The van der Waals surface area contributed by atoms with Gasteiger partial charge in [-0.3, -0.25) is 0 Å². The summed E-state index contributed by atoms with van der Waals surface area (Å²) in [5.41, 5.74) is 2.98. The minimum absolute atomic E-state index is 0.0675. The molecule has 4 nitrogen and oxygen atoms in total. The van der Waals surface area contributed by atoms with Crippen molar-refractivity contribution < 1.29 is 9.50 Å². The van der Waals surface area contributed by atoms with Gasteiger partial charge in [0.15, 0.2) is 0 Å². The third kappa shape index (κ3) is 2.31. The zero-order valence-corrected chi connectivity index (χ0v) is 10.6. The highest BCUT2D eigenvalue weighted by Gasteiger charge is 2.08. The number of benzene rings is 2. The second kappa shape index (κ2) is 5.22. The Kier molecular flexibility index (Phi) is 3.26. The Balaban J connectivity index is 2.00. The van der Waals surface area contributed by atoms with Gasteiger partial charge in [0.25, 0.3) is 0 Å². The molecule has 1 N–H and O–H groups in total. The number of rotatable bonds is 3. The van der Waals surface area contributed by atoms with E-state index in [0.717, 1.165) is 16.8 Å². The Hall–Kier alpha value is -2.53. The average molecular weight is 269 g/mol. The van der Waals surface area contributed by atoms with E-state index < -0.39 is 0 Å². The van der Waals surface area contributed by atoms with Crippen molar-refractivity contribution in [3.05, 3.63) is 66.1 Å². The van der Waals surface area contributed by atoms with Gasteiger partial charge in [0, 0.05) is 11.1 Å². The zero-order chi connectivity index (χ0) is 13.9. The SMILES string of the molecule is OCc1ccccc1-n1cc(-c2ccc(F)cc2)nn1. The minimum Gasteiger partial charge on any atom is -0.392 e. The molecule has 5 heteroatoms. The number of halogens is 1. The summed E-state index contributed by atoms with van der Waals surface area (Å²) in [7, 11) is 0. The van der Waals surface area contributed by atoms with E-state index in [2.05, 4.69) is 10.3 Å². The monoisotopic (exact) mass is 269 g/mol. The van der Waals surface area contributed by atoms with Crippen LogP contribution in [0.25, 0.3) is 16.9 Å². The number of para-hydroxylation sites is 1. The van der Waals surface area contributed by atoms with Gasteiger partial charge in [0.05, 0.1) is 18.5 Å². The van der Waals surface area contributed by atoms with E-state index in [9.17, 15) is 9.50 Å². The Morgan fingerprint density at radius 3 is 2.55 bits per heavy atom. The summed E-state index contributed by atoms with van der Waals surface area (Å²) in [4.78, 5) is 0. The van der Waals surface area contributed by atoms with Gasteiger partial charge in [0.1, 0.15) is 11.5 Å². The van der Waals surface area contributed by atoms with Crippen LogP contribution in [0.1, 0.15) is 5.56 Å². The standard InChI is InChI=1S/C15H12FN3O/c16-13-7-5-11(6-8-13)14-9-19(18-17-14)15-4-2-1-3-12(15)10-20/h1-9,20H,10H2. The van der Waals surface area contributed by atoms with Gasteiger partial charge in [-0.15, -0.1) is 5.10 Å². The molecule has 0 radical (unpaired) electrons. The summed E-state index contributed by atoms with van der Waals surface area (Å²) in [6.45, 7) is -0.0675. The van der Waals surface area contributed by atoms with Crippen molar-refractivity contribution in [2.24, 2.45) is 0 Å². The van der Waals surface area contributed by atoms with E-state index in [1.807, 2.05) is 24.3 Å². The summed E-state index contributed by atoms with van der Waals surface area (Å²) in [5.74, 6) is -0.285. The van der Waals surface area contributed by atoms with Crippen LogP contribution in [0.15, 0.2) is 54.7 Å². The molecule has 2 aromatic carbocycles. The summed E-state index contributed by atoms with van der Waals surface area (Å²) in [6, 6.07) is 13.5. The predicted octanol–water partition coefficient (Wildman–Crippen LogP) is 2.57. The Labute approximate surface area is 115 Å². The molecule has 3 aromatic rings. The first-order chi connectivity index (χ1) is 9.78. The largest absolute Gasteiger partial charge is 0.392 e. The molecule has 0 aliphatic carbocycles. The van der Waals surface area contributed by atoms with Crippen molar-refractivity contribution in [3.63, 3.8) is 0 Å². The van der Waals surface area contributed by atoms with Crippen LogP contribution in [0.4, 0.5) is 4.39 Å². The summed E-state index contributed by atoms with van der Waals surface area (Å²) >= 11 is 0. The Morgan fingerprint density at radius 2 is 1.80 bits per heavy atom. The zero-order valence-electron chi connectivity index (χ0n) is 10.6. The second-order valence-corrected chi connectivity index (χ2v) is 4.34. The van der Waals surface area contributed by atoms with Crippen molar-refractivity contribution in [3.8, 4) is 16.9 Å². The van der Waals surface area contributed by atoms with Crippen LogP contribution in [0.5, 0.6) is 0 Å². The molecule has 1 heterocycles. The number of nitrogens with zero attached hydrogens (tertiary/aromatic N) is 3. The Morgan fingerprint density at radius 1 is 1.05 bits per heavy atom. The van der Waals surface area contributed by atoms with Crippen LogP contribution in [0, 0.1) is 5.82 Å². The maximum absolute atomic E-state index is 12.9. The highest BCUT2D eigenvalue weighted by molar-refractivity contribution is 5.58. The fraction of sp³-hybridized carbons (Fsp3) is 0.0667. The van der Waals surface area contributed by atoms with Crippen molar-refractivity contribution in [2.45, 2.75) is 6.61 Å². The molecule has 0 fully saturated rings. The van der Waals surface area contributed by atoms with Crippen LogP contribution < -0.4 is 0 Å². The first-order valence-electron chi connectivity index (χ1n) is 6.15. The normalized spacial score (nSPS) is 10.7. The van der Waals surface area contributed by atoms with Gasteiger partial charge in [0.2, 0.25) is 0 Å². The van der Waals surface area contributed by atoms with Gasteiger partial charge >= 0.3 is 0 Å². The van der Waals surface area contributed by atoms with Crippen LogP contribution in [0.2, 0.25) is 0 Å². The van der Waals surface area contributed by atoms with Crippen molar-refractivity contribution in [1.29, 1.82) is 0 Å². The molecule has 0 aliphatic rings. The highest BCUT2D eigenvalue weighted by Crippen LogP contribution is 2.19. The number of aliphatic hydroxyl groups excluding tert-OH is 1. The van der Waals surface area contributed by atoms with Crippen LogP contribution >= 0.6 is 0 Å². The summed E-state index contributed by atoms with van der Waals surface area (Å²) in [5, 5.41) is 17.5. The number of hydrogen-bond acceptors (Lipinski definition) is 3. The highest BCUT2D eigenvalue weighted by atomic mass is 19.1. The van der Waals surface area contributed by atoms with Crippen LogP contribution in [0.3, 0.4) is 0 Å². The molecule has 0 bridgehead atoms. The maximum Gasteiger partial charge on any atom is 0.123 e. The van der Waals surface area contributed by atoms with Crippen molar-refractivity contribution in [2.75, 3.05) is 0 Å². The lowest BCUT2D eigenvalue weighted by atomic mass is 10.1. The summed E-state index contributed by atoms with van der Waals surface area (Å²) < 4.78 is 14.5. The van der Waals surface area contributed by atoms with Gasteiger partial charge in [-0.05, 0) is 30.3 Å². The number of aromatic nitrogens is 3. The number of hydrogen-bond donors (Lipinski definition) is 1. The molecule has 100 valence electrons.